The van der Waals surface area contributed by atoms with E-state index in [0.717, 1.165) is 27.3 Å². The molecule has 4 aromatic rings. The highest BCUT2D eigenvalue weighted by Gasteiger charge is 2.33. The highest BCUT2D eigenvalue weighted by atomic mass is 32.1. The lowest BCUT2D eigenvalue weighted by Crippen LogP contribution is -2.56. The largest absolute Gasteiger partial charge is 0.487 e. The fourth-order valence-electron chi connectivity index (χ4n) is 3.24. The quantitative estimate of drug-likeness (QED) is 0.486. The van der Waals surface area contributed by atoms with Crippen molar-refractivity contribution in [1.29, 1.82) is 0 Å². The van der Waals surface area contributed by atoms with Crippen LogP contribution in [-0.2, 0) is 0 Å². The average molecular weight is 418 g/mol. The molecule has 0 atom stereocenters. The number of ether oxygens (including phenoxy) is 1. The number of thiophene rings is 1. The first kappa shape index (κ1) is 18.5. The summed E-state index contributed by atoms with van der Waals surface area (Å²) in [5.74, 6) is 1.80. The maximum Gasteiger partial charge on any atom is 0.264 e. The molecule has 1 aliphatic heterocycles. The highest BCUT2D eigenvalue weighted by Crippen LogP contribution is 2.26. The van der Waals surface area contributed by atoms with Gasteiger partial charge in [-0.2, -0.15) is 4.98 Å². The summed E-state index contributed by atoms with van der Waals surface area (Å²) in [6.07, 6.45) is 3.37. The molecule has 7 nitrogen and oxygen atoms in total. The fourth-order valence-corrected chi connectivity index (χ4v) is 4.13. The van der Waals surface area contributed by atoms with Crippen molar-refractivity contribution >= 4 is 17.2 Å². The first-order chi connectivity index (χ1) is 14.7. The van der Waals surface area contributed by atoms with Crippen LogP contribution in [-0.4, -0.2) is 45.1 Å². The van der Waals surface area contributed by atoms with Crippen LogP contribution in [0.5, 0.6) is 5.75 Å². The number of aryl methyl sites for hydroxylation is 1. The second-order valence-electron chi connectivity index (χ2n) is 7.07. The normalized spacial score (nSPS) is 13.8. The Kier molecular flexibility index (Phi) is 4.76. The summed E-state index contributed by atoms with van der Waals surface area (Å²) in [4.78, 5) is 23.5. The molecule has 0 aliphatic carbocycles. The van der Waals surface area contributed by atoms with Crippen molar-refractivity contribution in [2.45, 2.75) is 13.0 Å². The lowest BCUT2D eigenvalue weighted by Gasteiger charge is -2.38. The van der Waals surface area contributed by atoms with E-state index in [1.165, 1.54) is 11.3 Å². The van der Waals surface area contributed by atoms with Gasteiger partial charge in [0.05, 0.1) is 18.0 Å². The predicted octanol–water partition coefficient (Wildman–Crippen LogP) is 4.07. The summed E-state index contributed by atoms with van der Waals surface area (Å²) < 4.78 is 11.3. The number of carbonyl (C=O) groups excluding carboxylic acids is 1. The first-order valence-corrected chi connectivity index (χ1v) is 10.4. The molecule has 150 valence electrons. The van der Waals surface area contributed by atoms with Crippen molar-refractivity contribution < 1.29 is 14.1 Å². The van der Waals surface area contributed by atoms with E-state index in [1.54, 1.807) is 12.4 Å². The first-order valence-electron chi connectivity index (χ1n) is 9.52. The highest BCUT2D eigenvalue weighted by molar-refractivity contribution is 7.12. The van der Waals surface area contributed by atoms with Crippen LogP contribution in [0, 0.1) is 6.92 Å². The van der Waals surface area contributed by atoms with E-state index < -0.39 is 0 Å². The van der Waals surface area contributed by atoms with Crippen LogP contribution in [0.3, 0.4) is 0 Å². The minimum absolute atomic E-state index is 0.00327. The van der Waals surface area contributed by atoms with Crippen LogP contribution >= 0.6 is 11.3 Å². The van der Waals surface area contributed by atoms with E-state index in [2.05, 4.69) is 15.1 Å². The smallest absolute Gasteiger partial charge is 0.264 e. The predicted molar refractivity (Wildman–Crippen MR) is 112 cm³/mol. The topological polar surface area (TPSA) is 81.4 Å². The lowest BCUT2D eigenvalue weighted by molar-refractivity contribution is 0.0181. The SMILES string of the molecule is Cc1ccsc1C(=O)N1CC(Oc2ccc(-c3noc(-c4ccncc4)n3)cc2)C1. The second kappa shape index (κ2) is 7.72. The Hall–Kier alpha value is -3.52. The van der Waals surface area contributed by atoms with E-state index in [9.17, 15) is 4.79 Å². The van der Waals surface area contributed by atoms with Gasteiger partial charge in [0.1, 0.15) is 11.9 Å². The molecule has 1 aliphatic rings. The Balaban J connectivity index is 1.19. The van der Waals surface area contributed by atoms with Crippen LogP contribution in [0.1, 0.15) is 15.2 Å². The maximum atomic E-state index is 12.5. The van der Waals surface area contributed by atoms with Crippen LogP contribution in [0.25, 0.3) is 22.8 Å². The Bertz CT molecular complexity index is 1160. The van der Waals surface area contributed by atoms with Gasteiger partial charge < -0.3 is 14.2 Å². The van der Waals surface area contributed by atoms with E-state index in [-0.39, 0.29) is 12.0 Å². The van der Waals surface area contributed by atoms with Gasteiger partial charge in [-0.1, -0.05) is 5.16 Å². The molecule has 1 amide bonds. The molecule has 0 spiro atoms. The van der Waals surface area contributed by atoms with Crippen molar-refractivity contribution in [2.75, 3.05) is 13.1 Å². The van der Waals surface area contributed by atoms with E-state index >= 15 is 0 Å². The van der Waals surface area contributed by atoms with Crippen molar-refractivity contribution in [3.05, 3.63) is 70.7 Å². The van der Waals surface area contributed by atoms with Crippen molar-refractivity contribution in [2.24, 2.45) is 0 Å². The molecule has 30 heavy (non-hydrogen) atoms. The molecule has 5 rings (SSSR count). The van der Waals surface area contributed by atoms with Crippen LogP contribution in [0.15, 0.2) is 64.8 Å². The molecule has 0 unspecified atom stereocenters. The number of benzene rings is 1. The molecular formula is C22H18N4O3S. The Morgan fingerprint density at radius 3 is 2.57 bits per heavy atom. The minimum Gasteiger partial charge on any atom is -0.487 e. The van der Waals surface area contributed by atoms with Gasteiger partial charge in [-0.25, -0.2) is 0 Å². The Morgan fingerprint density at radius 2 is 1.87 bits per heavy atom. The molecule has 1 saturated heterocycles. The number of aromatic nitrogens is 3. The van der Waals surface area contributed by atoms with Gasteiger partial charge in [-0.3, -0.25) is 9.78 Å². The summed E-state index contributed by atoms with van der Waals surface area (Å²) >= 11 is 1.49. The Labute approximate surface area is 177 Å². The molecule has 1 aromatic carbocycles. The monoisotopic (exact) mass is 418 g/mol. The van der Waals surface area contributed by atoms with Crippen molar-refractivity contribution in [3.63, 3.8) is 0 Å². The number of carbonyl (C=O) groups is 1. The molecule has 8 heteroatoms. The zero-order valence-corrected chi connectivity index (χ0v) is 17.0. The lowest BCUT2D eigenvalue weighted by atomic mass is 10.1. The average Bonchev–Trinajstić information content (AvgIpc) is 3.40. The molecular weight excluding hydrogens is 400 g/mol. The third-order valence-electron chi connectivity index (χ3n) is 4.96. The number of hydrogen-bond acceptors (Lipinski definition) is 7. The summed E-state index contributed by atoms with van der Waals surface area (Å²) in [7, 11) is 0. The molecule has 0 N–H and O–H groups in total. The van der Waals surface area contributed by atoms with Crippen molar-refractivity contribution in [3.8, 4) is 28.6 Å². The summed E-state index contributed by atoms with van der Waals surface area (Å²) in [5, 5.41) is 6.00. The van der Waals surface area contributed by atoms with Gasteiger partial charge in [0, 0.05) is 23.5 Å². The van der Waals surface area contributed by atoms with Crippen LogP contribution in [0.2, 0.25) is 0 Å². The standard InChI is InChI=1S/C22H18N4O3S/c1-14-8-11-30-19(14)22(27)26-12-18(13-26)28-17-4-2-15(3-5-17)20-24-21(29-25-20)16-6-9-23-10-7-16/h2-11,18H,12-13H2,1H3. The van der Waals surface area contributed by atoms with Crippen molar-refractivity contribution in [1.82, 2.24) is 20.0 Å². The molecule has 4 heterocycles. The number of rotatable bonds is 5. The molecule has 0 saturated carbocycles. The van der Waals surface area contributed by atoms with E-state index in [1.807, 2.05) is 59.7 Å². The zero-order valence-electron chi connectivity index (χ0n) is 16.2. The number of amides is 1. The molecule has 1 fully saturated rings. The van der Waals surface area contributed by atoms with Gasteiger partial charge in [0.25, 0.3) is 11.8 Å². The fraction of sp³-hybridized carbons (Fsp3) is 0.182. The van der Waals surface area contributed by atoms with Gasteiger partial charge in [-0.05, 0) is 60.3 Å². The van der Waals surface area contributed by atoms with Crippen LogP contribution in [0.4, 0.5) is 0 Å². The number of nitrogens with zero attached hydrogens (tertiary/aromatic N) is 4. The molecule has 0 radical (unpaired) electrons. The molecule has 0 bridgehead atoms. The minimum atomic E-state index is 0.00327. The van der Waals surface area contributed by atoms with E-state index in [4.69, 9.17) is 9.26 Å². The van der Waals surface area contributed by atoms with Gasteiger partial charge in [0.2, 0.25) is 5.82 Å². The summed E-state index contributed by atoms with van der Waals surface area (Å²) in [5.41, 5.74) is 2.69. The number of hydrogen-bond donors (Lipinski definition) is 0. The summed E-state index contributed by atoms with van der Waals surface area (Å²) in [6, 6.07) is 13.2. The molecule has 3 aromatic heterocycles. The summed E-state index contributed by atoms with van der Waals surface area (Å²) in [6.45, 7) is 3.15. The third-order valence-corrected chi connectivity index (χ3v) is 5.96. The Morgan fingerprint density at radius 1 is 1.10 bits per heavy atom. The van der Waals surface area contributed by atoms with Gasteiger partial charge in [-0.15, -0.1) is 11.3 Å². The van der Waals surface area contributed by atoms with E-state index in [0.29, 0.717) is 24.8 Å². The second-order valence-corrected chi connectivity index (χ2v) is 7.98. The number of pyridine rings is 1. The maximum absolute atomic E-state index is 12.5. The van der Waals surface area contributed by atoms with Gasteiger partial charge in [0.15, 0.2) is 0 Å². The number of likely N-dealkylation sites (tertiary alicyclic amines) is 1. The third kappa shape index (κ3) is 3.57. The van der Waals surface area contributed by atoms with Crippen LogP contribution < -0.4 is 4.74 Å². The van der Waals surface area contributed by atoms with Gasteiger partial charge >= 0.3 is 0 Å². The zero-order chi connectivity index (χ0) is 20.5.